The number of hydrogen-bond acceptors (Lipinski definition) is 3. The summed E-state index contributed by atoms with van der Waals surface area (Å²) in [6.07, 6.45) is 2.82. The second kappa shape index (κ2) is 3.02. The van der Waals surface area contributed by atoms with E-state index < -0.39 is 5.97 Å². The zero-order chi connectivity index (χ0) is 10.1. The number of aromatic amines is 1. The first kappa shape index (κ1) is 8.55. The van der Waals surface area contributed by atoms with E-state index in [9.17, 15) is 9.90 Å². The molecule has 0 fully saturated rings. The summed E-state index contributed by atoms with van der Waals surface area (Å²) in [6.45, 7) is 0. The smallest absolute Gasteiger partial charge is 0.307 e. The number of carboxylic acid groups (broad SMARTS) is 1. The van der Waals surface area contributed by atoms with Crippen molar-refractivity contribution in [1.29, 1.82) is 0 Å². The minimum absolute atomic E-state index is 0.0312. The summed E-state index contributed by atoms with van der Waals surface area (Å²) in [5, 5.41) is 18.4. The van der Waals surface area contributed by atoms with Crippen LogP contribution in [-0.2, 0) is 11.2 Å². The van der Waals surface area contributed by atoms with Gasteiger partial charge in [-0.2, -0.15) is 0 Å². The molecule has 0 spiro atoms. The second-order valence-electron chi connectivity index (χ2n) is 2.97. The number of carboxylic acids is 1. The quantitative estimate of drug-likeness (QED) is 0.659. The van der Waals surface area contributed by atoms with Crippen molar-refractivity contribution in [2.75, 3.05) is 0 Å². The van der Waals surface area contributed by atoms with E-state index in [0.29, 0.717) is 16.6 Å². The number of aromatic hydroxyl groups is 1. The van der Waals surface area contributed by atoms with Gasteiger partial charge in [0.1, 0.15) is 11.4 Å². The molecule has 2 rings (SSSR count). The Morgan fingerprint density at radius 2 is 2.36 bits per heavy atom. The molecular formula is C9H8N2O3. The van der Waals surface area contributed by atoms with Crippen molar-refractivity contribution in [2.45, 2.75) is 6.42 Å². The first-order valence-electron chi connectivity index (χ1n) is 4.03. The van der Waals surface area contributed by atoms with E-state index in [-0.39, 0.29) is 12.2 Å². The van der Waals surface area contributed by atoms with Crippen LogP contribution in [0.3, 0.4) is 0 Å². The molecule has 2 heterocycles. The van der Waals surface area contributed by atoms with Gasteiger partial charge in [-0.25, -0.2) is 4.98 Å². The van der Waals surface area contributed by atoms with Gasteiger partial charge in [-0.3, -0.25) is 4.79 Å². The van der Waals surface area contributed by atoms with E-state index in [0.717, 1.165) is 0 Å². The number of pyridine rings is 1. The number of aromatic nitrogens is 2. The van der Waals surface area contributed by atoms with Gasteiger partial charge in [-0.1, -0.05) is 0 Å². The third-order valence-electron chi connectivity index (χ3n) is 1.94. The molecule has 3 N–H and O–H groups in total. The summed E-state index contributed by atoms with van der Waals surface area (Å²) in [7, 11) is 0. The fourth-order valence-corrected chi connectivity index (χ4v) is 1.36. The molecule has 0 bridgehead atoms. The van der Waals surface area contributed by atoms with Crippen LogP contribution >= 0.6 is 0 Å². The van der Waals surface area contributed by atoms with Gasteiger partial charge in [0, 0.05) is 11.6 Å². The Kier molecular flexibility index (Phi) is 1.85. The summed E-state index contributed by atoms with van der Waals surface area (Å²) in [6, 6.07) is 1.50. The summed E-state index contributed by atoms with van der Waals surface area (Å²) < 4.78 is 0. The minimum Gasteiger partial charge on any atom is -0.506 e. The monoisotopic (exact) mass is 192 g/mol. The molecule has 0 aliphatic carbocycles. The topological polar surface area (TPSA) is 86.2 Å². The number of nitrogens with zero attached hydrogens (tertiary/aromatic N) is 1. The van der Waals surface area contributed by atoms with E-state index in [1.54, 1.807) is 6.20 Å². The number of fused-ring (bicyclic) bond motifs is 1. The van der Waals surface area contributed by atoms with Crippen LogP contribution in [0.25, 0.3) is 11.0 Å². The molecule has 0 aromatic carbocycles. The van der Waals surface area contributed by atoms with Crippen LogP contribution in [-0.4, -0.2) is 26.2 Å². The lowest BCUT2D eigenvalue weighted by Gasteiger charge is -1.94. The summed E-state index contributed by atoms with van der Waals surface area (Å²) >= 11 is 0. The van der Waals surface area contributed by atoms with Gasteiger partial charge < -0.3 is 15.2 Å². The molecule has 5 nitrogen and oxygen atoms in total. The van der Waals surface area contributed by atoms with Gasteiger partial charge in [0.05, 0.1) is 12.6 Å². The highest BCUT2D eigenvalue weighted by Crippen LogP contribution is 2.20. The molecule has 0 amide bonds. The molecule has 0 saturated heterocycles. The Morgan fingerprint density at radius 3 is 3.07 bits per heavy atom. The van der Waals surface area contributed by atoms with Crippen molar-refractivity contribution in [3.05, 3.63) is 24.0 Å². The molecule has 14 heavy (non-hydrogen) atoms. The molecule has 0 saturated carbocycles. The third kappa shape index (κ3) is 1.39. The average Bonchev–Trinajstić information content (AvgIpc) is 2.47. The number of nitrogens with one attached hydrogen (secondary N) is 1. The zero-order valence-electron chi connectivity index (χ0n) is 7.19. The molecule has 0 radical (unpaired) electrons. The van der Waals surface area contributed by atoms with E-state index in [4.69, 9.17) is 5.11 Å². The highest BCUT2D eigenvalue weighted by molar-refractivity contribution is 5.85. The molecule has 0 atom stereocenters. The Labute approximate surface area is 79.0 Å². The lowest BCUT2D eigenvalue weighted by molar-refractivity contribution is -0.136. The van der Waals surface area contributed by atoms with Gasteiger partial charge in [-0.05, 0) is 11.6 Å². The fourth-order valence-electron chi connectivity index (χ4n) is 1.36. The van der Waals surface area contributed by atoms with Crippen LogP contribution in [0.15, 0.2) is 18.5 Å². The average molecular weight is 192 g/mol. The van der Waals surface area contributed by atoms with Gasteiger partial charge >= 0.3 is 5.97 Å². The number of carbonyl (C=O) groups is 1. The predicted octanol–water partition coefficient (Wildman–Crippen LogP) is 0.896. The molecule has 0 aliphatic rings. The Hall–Kier alpha value is -2.04. The van der Waals surface area contributed by atoms with Crippen LogP contribution in [0.4, 0.5) is 0 Å². The normalized spacial score (nSPS) is 10.6. The van der Waals surface area contributed by atoms with Crippen LogP contribution in [0, 0.1) is 0 Å². The van der Waals surface area contributed by atoms with Crippen molar-refractivity contribution in [3.8, 4) is 5.75 Å². The lowest BCUT2D eigenvalue weighted by Crippen LogP contribution is -1.98. The lowest BCUT2D eigenvalue weighted by atomic mass is 10.1. The molecule has 0 aliphatic heterocycles. The molecule has 2 aromatic heterocycles. The molecule has 2 aromatic rings. The zero-order valence-corrected chi connectivity index (χ0v) is 7.19. The first-order valence-corrected chi connectivity index (χ1v) is 4.03. The summed E-state index contributed by atoms with van der Waals surface area (Å²) in [5.74, 6) is -0.877. The molecule has 5 heteroatoms. The maximum absolute atomic E-state index is 10.5. The highest BCUT2D eigenvalue weighted by atomic mass is 16.4. The maximum atomic E-state index is 10.5. The minimum atomic E-state index is -0.908. The Morgan fingerprint density at radius 1 is 1.57 bits per heavy atom. The standard InChI is InChI=1S/C9H8N2O3/c12-6-2-7-5(1-8(13)14)3-10-9(7)11-4-6/h2-4,12H,1H2,(H,10,11)(H,13,14). The van der Waals surface area contributed by atoms with Crippen molar-refractivity contribution in [3.63, 3.8) is 0 Å². The summed E-state index contributed by atoms with van der Waals surface area (Å²) in [4.78, 5) is 17.2. The van der Waals surface area contributed by atoms with E-state index in [1.165, 1.54) is 12.3 Å². The van der Waals surface area contributed by atoms with Crippen LogP contribution < -0.4 is 0 Å². The Balaban J connectivity index is 2.55. The SMILES string of the molecule is O=C(O)Cc1c[nH]c2ncc(O)cc12. The largest absolute Gasteiger partial charge is 0.506 e. The third-order valence-corrected chi connectivity index (χ3v) is 1.94. The van der Waals surface area contributed by atoms with Crippen molar-refractivity contribution in [2.24, 2.45) is 0 Å². The highest BCUT2D eigenvalue weighted by Gasteiger charge is 2.08. The van der Waals surface area contributed by atoms with Crippen molar-refractivity contribution < 1.29 is 15.0 Å². The number of aliphatic carboxylic acids is 1. The first-order chi connectivity index (χ1) is 6.66. The van der Waals surface area contributed by atoms with E-state index in [1.807, 2.05) is 0 Å². The second-order valence-corrected chi connectivity index (χ2v) is 2.97. The van der Waals surface area contributed by atoms with E-state index in [2.05, 4.69) is 9.97 Å². The van der Waals surface area contributed by atoms with Crippen molar-refractivity contribution >= 4 is 17.0 Å². The van der Waals surface area contributed by atoms with Crippen LogP contribution in [0.1, 0.15) is 5.56 Å². The molecule has 72 valence electrons. The van der Waals surface area contributed by atoms with E-state index >= 15 is 0 Å². The molecular weight excluding hydrogens is 184 g/mol. The van der Waals surface area contributed by atoms with Crippen molar-refractivity contribution in [1.82, 2.24) is 9.97 Å². The van der Waals surface area contributed by atoms with Gasteiger partial charge in [0.2, 0.25) is 0 Å². The fraction of sp³-hybridized carbons (Fsp3) is 0.111. The van der Waals surface area contributed by atoms with Gasteiger partial charge in [0.15, 0.2) is 0 Å². The number of hydrogen-bond donors (Lipinski definition) is 3. The van der Waals surface area contributed by atoms with Gasteiger partial charge in [0.25, 0.3) is 0 Å². The van der Waals surface area contributed by atoms with Gasteiger partial charge in [-0.15, -0.1) is 0 Å². The maximum Gasteiger partial charge on any atom is 0.307 e. The number of H-pyrrole nitrogens is 1. The van der Waals surface area contributed by atoms with Crippen LogP contribution in [0.5, 0.6) is 5.75 Å². The summed E-state index contributed by atoms with van der Waals surface area (Å²) in [5.41, 5.74) is 1.20. The van der Waals surface area contributed by atoms with Crippen LogP contribution in [0.2, 0.25) is 0 Å². The number of rotatable bonds is 2. The Bertz CT molecular complexity index is 490. The molecule has 0 unspecified atom stereocenters. The predicted molar refractivity (Wildman–Crippen MR) is 49.1 cm³/mol.